The summed E-state index contributed by atoms with van der Waals surface area (Å²) in [7, 11) is 0. The van der Waals surface area contributed by atoms with E-state index in [4.69, 9.17) is 4.98 Å². The Hall–Kier alpha value is -3.84. The van der Waals surface area contributed by atoms with Crippen molar-refractivity contribution in [1.82, 2.24) is 30.1 Å². The second-order valence-electron chi connectivity index (χ2n) is 7.15. The number of fused-ring (bicyclic) bond motifs is 2. The number of benzene rings is 1. The minimum atomic E-state index is 0.799. The Balaban J connectivity index is 1.52. The first-order valence-corrected chi connectivity index (χ1v) is 10.4. The molecule has 144 valence electrons. The Morgan fingerprint density at radius 1 is 0.933 bits per heavy atom. The molecule has 0 bridgehead atoms. The van der Waals surface area contributed by atoms with Gasteiger partial charge in [-0.3, -0.25) is 5.10 Å². The highest BCUT2D eigenvalue weighted by Gasteiger charge is 2.15. The molecule has 2 N–H and O–H groups in total. The zero-order valence-corrected chi connectivity index (χ0v) is 16.9. The molecule has 0 spiro atoms. The lowest BCUT2D eigenvalue weighted by Gasteiger charge is -2.00. The number of nitrogens with zero attached hydrogens (tertiary/aromatic N) is 4. The molecule has 0 radical (unpaired) electrons. The lowest BCUT2D eigenvalue weighted by atomic mass is 10.1. The largest absolute Gasteiger partial charge is 0.353 e. The molecule has 6 aromatic rings. The number of aromatic amines is 2. The molecule has 0 atom stereocenters. The summed E-state index contributed by atoms with van der Waals surface area (Å²) < 4.78 is 0. The third-order valence-corrected chi connectivity index (χ3v) is 6.22. The van der Waals surface area contributed by atoms with Crippen LogP contribution in [-0.4, -0.2) is 30.1 Å². The maximum atomic E-state index is 4.84. The fourth-order valence-corrected chi connectivity index (χ4v) is 4.66. The number of H-pyrrole nitrogens is 2. The SMILES string of the molecule is Cc1ccc(-c2cccc3[nH]c(-c4n[nH]c5ccc(-c6cncnc6)nc45)cc23)s1. The van der Waals surface area contributed by atoms with Gasteiger partial charge in [-0.15, -0.1) is 11.3 Å². The van der Waals surface area contributed by atoms with E-state index in [1.54, 1.807) is 23.7 Å². The second-order valence-corrected chi connectivity index (χ2v) is 8.44. The number of hydrogen-bond donors (Lipinski definition) is 2. The number of aromatic nitrogens is 6. The normalized spacial score (nSPS) is 11.5. The molecule has 0 aliphatic rings. The molecule has 5 heterocycles. The molecule has 0 aliphatic heterocycles. The monoisotopic (exact) mass is 408 g/mol. The topological polar surface area (TPSA) is 83.1 Å². The Morgan fingerprint density at radius 3 is 2.67 bits per heavy atom. The molecule has 0 amide bonds. The predicted molar refractivity (Wildman–Crippen MR) is 120 cm³/mol. The van der Waals surface area contributed by atoms with Gasteiger partial charge in [-0.25, -0.2) is 15.0 Å². The average Bonchev–Trinajstić information content (AvgIpc) is 3.51. The van der Waals surface area contributed by atoms with E-state index in [1.807, 2.05) is 12.1 Å². The van der Waals surface area contributed by atoms with Gasteiger partial charge >= 0.3 is 0 Å². The minimum absolute atomic E-state index is 0.799. The van der Waals surface area contributed by atoms with Crippen LogP contribution < -0.4 is 0 Å². The van der Waals surface area contributed by atoms with E-state index >= 15 is 0 Å². The molecule has 6 nitrogen and oxygen atoms in total. The van der Waals surface area contributed by atoms with Gasteiger partial charge in [-0.2, -0.15) is 5.10 Å². The summed E-state index contributed by atoms with van der Waals surface area (Å²) in [5.74, 6) is 0. The van der Waals surface area contributed by atoms with Gasteiger partial charge in [0.05, 0.1) is 16.9 Å². The summed E-state index contributed by atoms with van der Waals surface area (Å²) in [4.78, 5) is 19.1. The second kappa shape index (κ2) is 6.60. The maximum Gasteiger partial charge on any atom is 0.135 e. The molecule has 1 aromatic carbocycles. The molecule has 0 unspecified atom stereocenters. The van der Waals surface area contributed by atoms with Gasteiger partial charge in [-0.1, -0.05) is 12.1 Å². The van der Waals surface area contributed by atoms with Crippen LogP contribution in [0.4, 0.5) is 0 Å². The molecule has 7 heteroatoms. The van der Waals surface area contributed by atoms with Crippen molar-refractivity contribution < 1.29 is 0 Å². The molecule has 5 aromatic heterocycles. The highest BCUT2D eigenvalue weighted by Crippen LogP contribution is 2.36. The van der Waals surface area contributed by atoms with Crippen molar-refractivity contribution in [1.29, 1.82) is 0 Å². The summed E-state index contributed by atoms with van der Waals surface area (Å²) in [6.45, 7) is 2.13. The lowest BCUT2D eigenvalue weighted by molar-refractivity contribution is 1.12. The van der Waals surface area contributed by atoms with Gasteiger partial charge in [0.1, 0.15) is 17.5 Å². The first-order chi connectivity index (χ1) is 14.8. The molecular formula is C23H16N6S. The van der Waals surface area contributed by atoms with Crippen LogP contribution in [0.5, 0.6) is 0 Å². The number of rotatable bonds is 3. The zero-order chi connectivity index (χ0) is 20.1. The number of thiophene rings is 1. The Bertz CT molecular complexity index is 1510. The maximum absolute atomic E-state index is 4.84. The summed E-state index contributed by atoms with van der Waals surface area (Å²) >= 11 is 1.80. The van der Waals surface area contributed by atoms with E-state index in [0.717, 1.165) is 39.2 Å². The van der Waals surface area contributed by atoms with Crippen LogP contribution in [0, 0.1) is 6.92 Å². The summed E-state index contributed by atoms with van der Waals surface area (Å²) in [6.07, 6.45) is 5.04. The summed E-state index contributed by atoms with van der Waals surface area (Å²) in [5.41, 5.74) is 7.43. The molecular weight excluding hydrogens is 392 g/mol. The van der Waals surface area contributed by atoms with E-state index < -0.39 is 0 Å². The summed E-state index contributed by atoms with van der Waals surface area (Å²) in [6, 6.07) is 16.8. The quantitative estimate of drug-likeness (QED) is 0.399. The highest BCUT2D eigenvalue weighted by molar-refractivity contribution is 7.15. The van der Waals surface area contributed by atoms with Crippen molar-refractivity contribution in [3.63, 3.8) is 0 Å². The van der Waals surface area contributed by atoms with Crippen molar-refractivity contribution in [2.75, 3.05) is 0 Å². The van der Waals surface area contributed by atoms with Crippen molar-refractivity contribution in [2.24, 2.45) is 0 Å². The lowest BCUT2D eigenvalue weighted by Crippen LogP contribution is -1.87. The van der Waals surface area contributed by atoms with Crippen molar-refractivity contribution in [2.45, 2.75) is 6.92 Å². The first-order valence-electron chi connectivity index (χ1n) is 9.56. The van der Waals surface area contributed by atoms with Crippen LogP contribution in [-0.2, 0) is 0 Å². The van der Waals surface area contributed by atoms with Gasteiger partial charge in [0.15, 0.2) is 0 Å². The van der Waals surface area contributed by atoms with E-state index in [9.17, 15) is 0 Å². The Kier molecular flexibility index (Phi) is 3.75. The van der Waals surface area contributed by atoms with Gasteiger partial charge in [0.2, 0.25) is 0 Å². The number of pyridine rings is 1. The predicted octanol–water partition coefficient (Wildman–Crippen LogP) is 5.60. The number of aryl methyl sites for hydroxylation is 1. The van der Waals surface area contributed by atoms with Crippen LogP contribution in [0.15, 0.2) is 67.3 Å². The van der Waals surface area contributed by atoms with Crippen molar-refractivity contribution >= 4 is 33.3 Å². The summed E-state index contributed by atoms with van der Waals surface area (Å²) in [5, 5.41) is 8.83. The van der Waals surface area contributed by atoms with Gasteiger partial charge in [-0.05, 0) is 43.3 Å². The third-order valence-electron chi connectivity index (χ3n) is 5.19. The standard InChI is InChI=1S/C23H16N6S/c1-13-5-8-21(30-13)15-3-2-4-18-16(15)9-20(26-18)23-22-19(28-29-23)7-6-17(27-22)14-10-24-12-25-11-14/h2-12,26H,1H3,(H,28,29). The minimum Gasteiger partial charge on any atom is -0.353 e. The van der Waals surface area contributed by atoms with E-state index in [2.05, 4.69) is 68.5 Å². The molecule has 6 rings (SSSR count). The van der Waals surface area contributed by atoms with Gasteiger partial charge in [0.25, 0.3) is 0 Å². The number of hydrogen-bond acceptors (Lipinski definition) is 5. The third kappa shape index (κ3) is 2.71. The molecule has 0 saturated carbocycles. The van der Waals surface area contributed by atoms with Crippen LogP contribution >= 0.6 is 11.3 Å². The van der Waals surface area contributed by atoms with E-state index in [-0.39, 0.29) is 0 Å². The van der Waals surface area contributed by atoms with Crippen LogP contribution in [0.3, 0.4) is 0 Å². The Morgan fingerprint density at radius 2 is 1.83 bits per heavy atom. The van der Waals surface area contributed by atoms with Crippen LogP contribution in [0.1, 0.15) is 4.88 Å². The molecule has 0 aliphatic carbocycles. The fourth-order valence-electron chi connectivity index (χ4n) is 3.76. The number of nitrogens with one attached hydrogen (secondary N) is 2. The fraction of sp³-hybridized carbons (Fsp3) is 0.0435. The van der Waals surface area contributed by atoms with Crippen LogP contribution in [0.25, 0.3) is 55.0 Å². The smallest absolute Gasteiger partial charge is 0.135 e. The van der Waals surface area contributed by atoms with Gasteiger partial charge < -0.3 is 4.98 Å². The van der Waals surface area contributed by atoms with E-state index in [0.29, 0.717) is 0 Å². The Labute approximate surface area is 175 Å². The molecule has 0 fully saturated rings. The van der Waals surface area contributed by atoms with Gasteiger partial charge in [0, 0.05) is 44.2 Å². The van der Waals surface area contributed by atoms with Crippen molar-refractivity contribution in [3.8, 4) is 33.1 Å². The first kappa shape index (κ1) is 17.1. The molecule has 30 heavy (non-hydrogen) atoms. The molecule has 0 saturated heterocycles. The highest BCUT2D eigenvalue weighted by atomic mass is 32.1. The van der Waals surface area contributed by atoms with Crippen molar-refractivity contribution in [3.05, 3.63) is 72.1 Å². The van der Waals surface area contributed by atoms with Crippen LogP contribution in [0.2, 0.25) is 0 Å². The average molecular weight is 408 g/mol. The zero-order valence-electron chi connectivity index (χ0n) is 16.0. The van der Waals surface area contributed by atoms with E-state index in [1.165, 1.54) is 27.0 Å².